The van der Waals surface area contributed by atoms with Crippen LogP contribution in [0.2, 0.25) is 0 Å². The number of benzene rings is 1. The quantitative estimate of drug-likeness (QED) is 0.853. The molecule has 100 valence electrons. The van der Waals surface area contributed by atoms with Crippen LogP contribution in [-0.4, -0.2) is 16.0 Å². The standard InChI is InChI=1S/C14H16FN3S/c1-2-12(16)14(10-3-5-11(15)6-4-10)19-13-9-17-7-8-18-13/h3-9,12,14H,2,16H2,1H3. The highest BCUT2D eigenvalue weighted by atomic mass is 32.2. The van der Waals surface area contributed by atoms with Gasteiger partial charge in [0, 0.05) is 18.4 Å². The van der Waals surface area contributed by atoms with Crippen molar-refractivity contribution in [1.29, 1.82) is 0 Å². The highest BCUT2D eigenvalue weighted by Gasteiger charge is 2.20. The molecule has 5 heteroatoms. The maximum absolute atomic E-state index is 13.0. The number of halogens is 1. The summed E-state index contributed by atoms with van der Waals surface area (Å²) >= 11 is 1.56. The first-order valence-corrected chi connectivity index (χ1v) is 7.02. The van der Waals surface area contributed by atoms with Gasteiger partial charge in [-0.05, 0) is 24.1 Å². The molecule has 0 saturated heterocycles. The molecular formula is C14H16FN3S. The lowest BCUT2D eigenvalue weighted by Gasteiger charge is -2.22. The maximum Gasteiger partial charge on any atom is 0.123 e. The fraction of sp³-hybridized carbons (Fsp3) is 0.286. The molecule has 2 unspecified atom stereocenters. The van der Waals surface area contributed by atoms with E-state index in [1.807, 2.05) is 6.92 Å². The molecule has 19 heavy (non-hydrogen) atoms. The summed E-state index contributed by atoms with van der Waals surface area (Å²) in [6.45, 7) is 2.04. The second-order valence-electron chi connectivity index (χ2n) is 4.21. The highest BCUT2D eigenvalue weighted by Crippen LogP contribution is 2.36. The van der Waals surface area contributed by atoms with Crippen LogP contribution in [0.15, 0.2) is 47.9 Å². The largest absolute Gasteiger partial charge is 0.326 e. The third kappa shape index (κ3) is 3.75. The van der Waals surface area contributed by atoms with Crippen LogP contribution < -0.4 is 5.73 Å². The van der Waals surface area contributed by atoms with Crippen molar-refractivity contribution >= 4 is 11.8 Å². The third-order valence-corrected chi connectivity index (χ3v) is 4.17. The molecule has 0 spiro atoms. The summed E-state index contributed by atoms with van der Waals surface area (Å²) in [6, 6.07) is 6.46. The van der Waals surface area contributed by atoms with Gasteiger partial charge in [0.05, 0.1) is 11.4 Å². The summed E-state index contributed by atoms with van der Waals surface area (Å²) in [5, 5.41) is 0.864. The molecule has 0 aliphatic carbocycles. The Morgan fingerprint density at radius 3 is 2.58 bits per heavy atom. The van der Waals surface area contributed by atoms with Crippen molar-refractivity contribution in [2.75, 3.05) is 0 Å². The lowest BCUT2D eigenvalue weighted by atomic mass is 10.0. The molecule has 0 saturated carbocycles. The zero-order valence-corrected chi connectivity index (χ0v) is 11.5. The number of nitrogens with two attached hydrogens (primary N) is 1. The van der Waals surface area contributed by atoms with Crippen molar-refractivity contribution in [2.45, 2.75) is 29.7 Å². The lowest BCUT2D eigenvalue weighted by Crippen LogP contribution is -2.25. The topological polar surface area (TPSA) is 51.8 Å². The molecule has 0 amide bonds. The SMILES string of the molecule is CCC(N)C(Sc1cnccn1)c1ccc(F)cc1. The predicted octanol–water partition coefficient (Wildman–Crippen LogP) is 3.19. The van der Waals surface area contributed by atoms with Crippen molar-refractivity contribution in [1.82, 2.24) is 9.97 Å². The van der Waals surface area contributed by atoms with E-state index in [-0.39, 0.29) is 17.1 Å². The Morgan fingerprint density at radius 1 is 1.26 bits per heavy atom. The summed E-state index contributed by atoms with van der Waals surface area (Å²) < 4.78 is 13.0. The molecular weight excluding hydrogens is 261 g/mol. The molecule has 2 atom stereocenters. The molecule has 0 aliphatic heterocycles. The Hall–Kier alpha value is -1.46. The van der Waals surface area contributed by atoms with Crippen molar-refractivity contribution < 1.29 is 4.39 Å². The Kier molecular flexibility index (Phi) is 4.87. The first-order valence-electron chi connectivity index (χ1n) is 6.14. The van der Waals surface area contributed by atoms with Crippen molar-refractivity contribution in [3.63, 3.8) is 0 Å². The van der Waals surface area contributed by atoms with E-state index in [1.165, 1.54) is 12.1 Å². The fourth-order valence-corrected chi connectivity index (χ4v) is 2.91. The minimum atomic E-state index is -0.239. The number of hydrogen-bond acceptors (Lipinski definition) is 4. The van der Waals surface area contributed by atoms with Gasteiger partial charge in [-0.15, -0.1) is 0 Å². The monoisotopic (exact) mass is 277 g/mol. The van der Waals surface area contributed by atoms with E-state index < -0.39 is 0 Å². The number of thioether (sulfide) groups is 1. The Labute approximate surface area is 116 Å². The van der Waals surface area contributed by atoms with Gasteiger partial charge in [-0.25, -0.2) is 9.37 Å². The van der Waals surface area contributed by atoms with Crippen LogP contribution in [0.5, 0.6) is 0 Å². The molecule has 0 aliphatic rings. The predicted molar refractivity (Wildman–Crippen MR) is 75.3 cm³/mol. The van der Waals surface area contributed by atoms with E-state index in [9.17, 15) is 4.39 Å². The summed E-state index contributed by atoms with van der Waals surface area (Å²) in [5.41, 5.74) is 7.18. The van der Waals surface area contributed by atoms with Gasteiger partial charge in [0.2, 0.25) is 0 Å². The minimum Gasteiger partial charge on any atom is -0.326 e. The van der Waals surface area contributed by atoms with Gasteiger partial charge in [-0.3, -0.25) is 4.98 Å². The first-order chi connectivity index (χ1) is 9.20. The average molecular weight is 277 g/mol. The van der Waals surface area contributed by atoms with Crippen molar-refractivity contribution in [3.05, 3.63) is 54.2 Å². The van der Waals surface area contributed by atoms with E-state index >= 15 is 0 Å². The van der Waals surface area contributed by atoms with Crippen LogP contribution in [0.1, 0.15) is 24.2 Å². The fourth-order valence-electron chi connectivity index (χ4n) is 1.75. The molecule has 2 rings (SSSR count). The second kappa shape index (κ2) is 6.63. The molecule has 1 heterocycles. The Morgan fingerprint density at radius 2 is 2.00 bits per heavy atom. The Balaban J connectivity index is 2.23. The van der Waals surface area contributed by atoms with Crippen molar-refractivity contribution in [3.8, 4) is 0 Å². The van der Waals surface area contributed by atoms with Gasteiger partial charge in [0.1, 0.15) is 10.8 Å². The molecule has 0 fully saturated rings. The summed E-state index contributed by atoms with van der Waals surface area (Å²) in [5.74, 6) is -0.239. The van der Waals surface area contributed by atoms with Gasteiger partial charge in [-0.1, -0.05) is 30.8 Å². The maximum atomic E-state index is 13.0. The number of aromatic nitrogens is 2. The van der Waals surface area contributed by atoms with E-state index in [4.69, 9.17) is 5.73 Å². The normalized spacial score (nSPS) is 14.1. The van der Waals surface area contributed by atoms with Crippen LogP contribution in [0.4, 0.5) is 4.39 Å². The lowest BCUT2D eigenvalue weighted by molar-refractivity contribution is 0.617. The zero-order valence-electron chi connectivity index (χ0n) is 10.7. The van der Waals surface area contributed by atoms with E-state index in [1.54, 1.807) is 42.5 Å². The summed E-state index contributed by atoms with van der Waals surface area (Å²) in [6.07, 6.45) is 5.84. The average Bonchev–Trinajstić information content (AvgIpc) is 2.46. The molecule has 3 nitrogen and oxygen atoms in total. The van der Waals surface area contributed by atoms with Crippen molar-refractivity contribution in [2.24, 2.45) is 5.73 Å². The van der Waals surface area contributed by atoms with Gasteiger partial charge < -0.3 is 5.73 Å². The van der Waals surface area contributed by atoms with Crippen LogP contribution in [0.25, 0.3) is 0 Å². The number of hydrogen-bond donors (Lipinski definition) is 1. The molecule has 0 radical (unpaired) electrons. The van der Waals surface area contributed by atoms with E-state index in [0.717, 1.165) is 17.0 Å². The van der Waals surface area contributed by atoms with Crippen LogP contribution in [0.3, 0.4) is 0 Å². The van der Waals surface area contributed by atoms with Crippen LogP contribution in [-0.2, 0) is 0 Å². The minimum absolute atomic E-state index is 0.0162. The molecule has 0 bridgehead atoms. The molecule has 1 aromatic carbocycles. The van der Waals surface area contributed by atoms with Gasteiger partial charge in [0.25, 0.3) is 0 Å². The van der Waals surface area contributed by atoms with E-state index in [2.05, 4.69) is 9.97 Å². The Bertz CT molecular complexity index is 504. The van der Waals surface area contributed by atoms with Crippen LogP contribution in [0, 0.1) is 5.82 Å². The number of rotatable bonds is 5. The van der Waals surface area contributed by atoms with Gasteiger partial charge in [-0.2, -0.15) is 0 Å². The van der Waals surface area contributed by atoms with Crippen LogP contribution >= 0.6 is 11.8 Å². The van der Waals surface area contributed by atoms with Gasteiger partial charge in [0.15, 0.2) is 0 Å². The molecule has 2 N–H and O–H groups in total. The van der Waals surface area contributed by atoms with E-state index in [0.29, 0.717) is 0 Å². The highest BCUT2D eigenvalue weighted by molar-refractivity contribution is 7.99. The molecule has 1 aromatic heterocycles. The second-order valence-corrected chi connectivity index (χ2v) is 5.37. The first kappa shape index (κ1) is 14.0. The summed E-state index contributed by atoms with van der Waals surface area (Å²) in [4.78, 5) is 8.30. The molecule has 2 aromatic rings. The third-order valence-electron chi connectivity index (χ3n) is 2.85. The zero-order chi connectivity index (χ0) is 13.7. The smallest absolute Gasteiger partial charge is 0.123 e. The van der Waals surface area contributed by atoms with Gasteiger partial charge >= 0.3 is 0 Å². The summed E-state index contributed by atoms with van der Waals surface area (Å²) in [7, 11) is 0. The number of nitrogens with zero attached hydrogens (tertiary/aromatic N) is 2.